The van der Waals surface area contributed by atoms with Gasteiger partial charge in [-0.1, -0.05) is 24.3 Å². The minimum absolute atomic E-state index is 0.373. The first-order valence-corrected chi connectivity index (χ1v) is 4.28. The van der Waals surface area contributed by atoms with E-state index in [9.17, 15) is 0 Å². The molecule has 0 aliphatic carbocycles. The Morgan fingerprint density at radius 1 is 1.14 bits per heavy atom. The van der Waals surface area contributed by atoms with Gasteiger partial charge in [0, 0.05) is 17.3 Å². The van der Waals surface area contributed by atoms with Gasteiger partial charge in [-0.15, -0.1) is 5.10 Å². The van der Waals surface area contributed by atoms with E-state index < -0.39 is 0 Å². The average molecular weight is 189 g/mol. The zero-order chi connectivity index (χ0) is 9.97. The van der Waals surface area contributed by atoms with Crippen molar-refractivity contribution in [2.24, 2.45) is 11.6 Å². The Hall–Kier alpha value is -1.72. The van der Waals surface area contributed by atoms with Crippen LogP contribution < -0.4 is 17.0 Å². The fraction of sp³-hybridized carbons (Fsp3) is 0.111. The summed E-state index contributed by atoms with van der Waals surface area (Å²) in [6.45, 7) is 0.373. The average Bonchev–Trinajstić information content (AvgIpc) is 2.27. The summed E-state index contributed by atoms with van der Waals surface area (Å²) in [5.74, 6) is 5.89. The predicted octanol–water partition coefficient (Wildman–Crippen LogP) is 0.374. The van der Waals surface area contributed by atoms with Crippen LogP contribution in [-0.4, -0.2) is 10.2 Å². The van der Waals surface area contributed by atoms with Crippen LogP contribution >= 0.6 is 0 Å². The molecule has 0 saturated heterocycles. The van der Waals surface area contributed by atoms with E-state index in [-0.39, 0.29) is 0 Å². The number of nitrogens with zero attached hydrogens (tertiary/aromatic N) is 2. The molecule has 5 N–H and O–H groups in total. The van der Waals surface area contributed by atoms with Crippen molar-refractivity contribution < 1.29 is 0 Å². The standard InChI is InChI=1S/C9H11N5/c10-5-8-6-3-1-2-4-7(6)9(12-11)14-13-8/h1-4H,5,10-11H2,(H,12,14). The Labute approximate surface area is 81.1 Å². The van der Waals surface area contributed by atoms with Crippen molar-refractivity contribution >= 4 is 16.6 Å². The third kappa shape index (κ3) is 1.28. The molecule has 1 heterocycles. The number of benzene rings is 1. The highest BCUT2D eigenvalue weighted by Gasteiger charge is 2.05. The second-order valence-corrected chi connectivity index (χ2v) is 2.89. The summed E-state index contributed by atoms with van der Waals surface area (Å²) in [6.07, 6.45) is 0. The molecule has 1 aromatic carbocycles. The van der Waals surface area contributed by atoms with Crippen molar-refractivity contribution in [1.29, 1.82) is 0 Å². The lowest BCUT2D eigenvalue weighted by atomic mass is 10.1. The van der Waals surface area contributed by atoms with Crippen LogP contribution in [0.4, 0.5) is 5.82 Å². The predicted molar refractivity (Wildman–Crippen MR) is 55.2 cm³/mol. The van der Waals surface area contributed by atoms with Crippen LogP contribution in [0.3, 0.4) is 0 Å². The van der Waals surface area contributed by atoms with E-state index in [4.69, 9.17) is 11.6 Å². The number of hydrogen-bond donors (Lipinski definition) is 3. The van der Waals surface area contributed by atoms with Crippen LogP contribution in [0, 0.1) is 0 Å². The number of hydrogen-bond acceptors (Lipinski definition) is 5. The van der Waals surface area contributed by atoms with Crippen molar-refractivity contribution in [3.63, 3.8) is 0 Å². The van der Waals surface area contributed by atoms with Gasteiger partial charge in [0.15, 0.2) is 5.82 Å². The van der Waals surface area contributed by atoms with Crippen molar-refractivity contribution in [1.82, 2.24) is 10.2 Å². The Morgan fingerprint density at radius 2 is 1.86 bits per heavy atom. The van der Waals surface area contributed by atoms with E-state index in [0.717, 1.165) is 16.5 Å². The fourth-order valence-corrected chi connectivity index (χ4v) is 1.42. The van der Waals surface area contributed by atoms with Gasteiger partial charge in [0.2, 0.25) is 0 Å². The van der Waals surface area contributed by atoms with E-state index in [1.165, 1.54) is 0 Å². The van der Waals surface area contributed by atoms with Crippen LogP contribution in [0.2, 0.25) is 0 Å². The molecule has 72 valence electrons. The zero-order valence-electron chi connectivity index (χ0n) is 7.57. The van der Waals surface area contributed by atoms with Gasteiger partial charge in [-0.05, 0) is 0 Å². The van der Waals surface area contributed by atoms with Crippen molar-refractivity contribution in [2.75, 3.05) is 5.43 Å². The first kappa shape index (κ1) is 8.86. The van der Waals surface area contributed by atoms with Crippen molar-refractivity contribution in [2.45, 2.75) is 6.54 Å². The monoisotopic (exact) mass is 189 g/mol. The first-order chi connectivity index (χ1) is 6.86. The van der Waals surface area contributed by atoms with Crippen LogP contribution in [-0.2, 0) is 6.54 Å². The summed E-state index contributed by atoms with van der Waals surface area (Å²) in [4.78, 5) is 0. The molecule has 5 nitrogen and oxygen atoms in total. The number of nitrogens with two attached hydrogens (primary N) is 2. The summed E-state index contributed by atoms with van der Waals surface area (Å²) in [5, 5.41) is 9.83. The second kappa shape index (κ2) is 3.57. The fourth-order valence-electron chi connectivity index (χ4n) is 1.42. The molecule has 0 saturated carbocycles. The maximum atomic E-state index is 5.55. The summed E-state index contributed by atoms with van der Waals surface area (Å²) >= 11 is 0. The van der Waals surface area contributed by atoms with Crippen molar-refractivity contribution in [3.05, 3.63) is 30.0 Å². The highest BCUT2D eigenvalue weighted by molar-refractivity contribution is 5.92. The third-order valence-corrected chi connectivity index (χ3v) is 2.09. The van der Waals surface area contributed by atoms with Crippen LogP contribution in [0.5, 0.6) is 0 Å². The number of rotatable bonds is 2. The molecular weight excluding hydrogens is 178 g/mol. The highest BCUT2D eigenvalue weighted by Crippen LogP contribution is 2.21. The maximum Gasteiger partial charge on any atom is 0.170 e. The normalized spacial score (nSPS) is 10.4. The maximum absolute atomic E-state index is 5.55. The minimum Gasteiger partial charge on any atom is -0.325 e. The molecule has 14 heavy (non-hydrogen) atoms. The topological polar surface area (TPSA) is 89.8 Å². The molecule has 0 aliphatic heterocycles. The Balaban J connectivity index is 2.78. The first-order valence-electron chi connectivity index (χ1n) is 4.28. The quantitative estimate of drug-likeness (QED) is 0.469. The Morgan fingerprint density at radius 3 is 2.50 bits per heavy atom. The molecular formula is C9H11N5. The molecule has 0 amide bonds. The largest absolute Gasteiger partial charge is 0.325 e. The molecule has 5 heteroatoms. The smallest absolute Gasteiger partial charge is 0.170 e. The SMILES string of the molecule is NCc1nnc(NN)c2ccccc12. The lowest BCUT2D eigenvalue weighted by Crippen LogP contribution is -2.11. The number of fused-ring (bicyclic) bond motifs is 1. The lowest BCUT2D eigenvalue weighted by molar-refractivity contribution is 0.917. The van der Waals surface area contributed by atoms with Gasteiger partial charge in [-0.2, -0.15) is 5.10 Å². The van der Waals surface area contributed by atoms with E-state index >= 15 is 0 Å². The minimum atomic E-state index is 0.373. The van der Waals surface area contributed by atoms with E-state index in [0.29, 0.717) is 12.4 Å². The number of aromatic nitrogens is 2. The Kier molecular flexibility index (Phi) is 2.26. The lowest BCUT2D eigenvalue weighted by Gasteiger charge is -2.06. The van der Waals surface area contributed by atoms with Crippen molar-refractivity contribution in [3.8, 4) is 0 Å². The summed E-state index contributed by atoms with van der Waals surface area (Å²) in [6, 6.07) is 7.74. The summed E-state index contributed by atoms with van der Waals surface area (Å²) < 4.78 is 0. The summed E-state index contributed by atoms with van der Waals surface area (Å²) in [5.41, 5.74) is 8.84. The molecule has 1 aromatic heterocycles. The van der Waals surface area contributed by atoms with Crippen LogP contribution in [0.25, 0.3) is 10.8 Å². The molecule has 0 radical (unpaired) electrons. The third-order valence-electron chi connectivity index (χ3n) is 2.09. The van der Waals surface area contributed by atoms with E-state index in [1.807, 2.05) is 24.3 Å². The molecule has 2 aromatic rings. The number of nitrogen functional groups attached to an aromatic ring is 1. The molecule has 2 rings (SSSR count). The van der Waals surface area contributed by atoms with Gasteiger partial charge < -0.3 is 11.2 Å². The molecule has 0 aliphatic rings. The molecule has 0 spiro atoms. The molecule has 0 fully saturated rings. The number of nitrogens with one attached hydrogen (secondary N) is 1. The Bertz CT molecular complexity index is 411. The molecule has 0 atom stereocenters. The second-order valence-electron chi connectivity index (χ2n) is 2.89. The van der Waals surface area contributed by atoms with Gasteiger partial charge in [-0.25, -0.2) is 5.84 Å². The van der Waals surface area contributed by atoms with Crippen LogP contribution in [0.15, 0.2) is 24.3 Å². The van der Waals surface area contributed by atoms with E-state index in [2.05, 4.69) is 15.6 Å². The zero-order valence-corrected chi connectivity index (χ0v) is 7.57. The molecule has 0 unspecified atom stereocenters. The van der Waals surface area contributed by atoms with Crippen LogP contribution in [0.1, 0.15) is 5.69 Å². The van der Waals surface area contributed by atoms with Gasteiger partial charge in [-0.3, -0.25) is 0 Å². The summed E-state index contributed by atoms with van der Waals surface area (Å²) in [7, 11) is 0. The molecule has 0 bridgehead atoms. The number of hydrazine groups is 1. The van der Waals surface area contributed by atoms with Gasteiger partial charge in [0.25, 0.3) is 0 Å². The highest BCUT2D eigenvalue weighted by atomic mass is 15.3. The van der Waals surface area contributed by atoms with Gasteiger partial charge >= 0.3 is 0 Å². The van der Waals surface area contributed by atoms with Gasteiger partial charge in [0.1, 0.15) is 0 Å². The van der Waals surface area contributed by atoms with Gasteiger partial charge in [0.05, 0.1) is 5.69 Å². The van der Waals surface area contributed by atoms with E-state index in [1.54, 1.807) is 0 Å². The number of anilines is 1.